The fourth-order valence-corrected chi connectivity index (χ4v) is 1.71. The smallest absolute Gasteiger partial charge is 0.253 e. The van der Waals surface area contributed by atoms with Gasteiger partial charge >= 0.3 is 0 Å². The summed E-state index contributed by atoms with van der Waals surface area (Å²) in [5, 5.41) is 11.9. The molecule has 0 aliphatic carbocycles. The van der Waals surface area contributed by atoms with Gasteiger partial charge in [0.25, 0.3) is 5.91 Å². The summed E-state index contributed by atoms with van der Waals surface area (Å²) in [7, 11) is 0. The van der Waals surface area contributed by atoms with Crippen molar-refractivity contribution in [3.05, 3.63) is 23.9 Å². The Hall–Kier alpha value is -1.62. The van der Waals surface area contributed by atoms with Gasteiger partial charge in [0.1, 0.15) is 0 Å². The van der Waals surface area contributed by atoms with Crippen LogP contribution in [0.25, 0.3) is 0 Å². The third kappa shape index (κ3) is 4.87. The number of nitrogens with one attached hydrogen (secondary N) is 1. The van der Waals surface area contributed by atoms with Crippen molar-refractivity contribution in [1.82, 2.24) is 10.3 Å². The van der Waals surface area contributed by atoms with Crippen LogP contribution in [0.3, 0.4) is 0 Å². The van der Waals surface area contributed by atoms with Crippen LogP contribution in [0.5, 0.6) is 5.88 Å². The summed E-state index contributed by atoms with van der Waals surface area (Å²) >= 11 is 0. The monoisotopic (exact) mass is 266 g/mol. The van der Waals surface area contributed by atoms with Crippen molar-refractivity contribution >= 4 is 5.91 Å². The lowest BCUT2D eigenvalue weighted by Gasteiger charge is -2.21. The van der Waals surface area contributed by atoms with Gasteiger partial charge in [-0.3, -0.25) is 4.79 Å². The lowest BCUT2D eigenvalue weighted by Crippen LogP contribution is -2.39. The maximum absolute atomic E-state index is 12.0. The fourth-order valence-electron chi connectivity index (χ4n) is 1.71. The number of amides is 1. The first-order chi connectivity index (χ1) is 9.08. The molecular weight excluding hydrogens is 244 g/mol. The second kappa shape index (κ2) is 7.74. The Morgan fingerprint density at radius 3 is 2.68 bits per heavy atom. The van der Waals surface area contributed by atoms with E-state index in [4.69, 9.17) is 9.84 Å². The molecule has 2 N–H and O–H groups in total. The molecule has 0 aliphatic rings. The number of hydrogen-bond donors (Lipinski definition) is 2. The van der Waals surface area contributed by atoms with Gasteiger partial charge in [0.2, 0.25) is 5.88 Å². The average Bonchev–Trinajstić information content (AvgIpc) is 2.39. The normalized spacial score (nSPS) is 12.3. The molecule has 0 saturated carbocycles. The van der Waals surface area contributed by atoms with E-state index in [0.29, 0.717) is 24.5 Å². The number of nitrogens with zero attached hydrogens (tertiary/aromatic N) is 1. The van der Waals surface area contributed by atoms with Crippen molar-refractivity contribution in [2.45, 2.75) is 33.2 Å². The first kappa shape index (κ1) is 15.4. The highest BCUT2D eigenvalue weighted by atomic mass is 16.5. The van der Waals surface area contributed by atoms with E-state index >= 15 is 0 Å². The molecule has 0 bridgehead atoms. The molecule has 5 heteroatoms. The Bertz CT molecular complexity index is 390. The number of rotatable bonds is 7. The predicted octanol–water partition coefficient (Wildman–Crippen LogP) is 1.62. The maximum Gasteiger partial charge on any atom is 0.253 e. The van der Waals surface area contributed by atoms with E-state index in [1.165, 1.54) is 6.20 Å². The van der Waals surface area contributed by atoms with Crippen LogP contribution in [0.4, 0.5) is 0 Å². The molecule has 19 heavy (non-hydrogen) atoms. The molecule has 0 saturated heterocycles. The predicted molar refractivity (Wildman–Crippen MR) is 73.2 cm³/mol. The van der Waals surface area contributed by atoms with Crippen molar-refractivity contribution in [1.29, 1.82) is 0 Å². The lowest BCUT2D eigenvalue weighted by molar-refractivity contribution is 0.0916. The first-order valence-corrected chi connectivity index (χ1v) is 6.59. The van der Waals surface area contributed by atoms with Gasteiger partial charge in [0, 0.05) is 24.9 Å². The van der Waals surface area contributed by atoms with E-state index in [1.807, 2.05) is 20.8 Å². The van der Waals surface area contributed by atoms with Crippen molar-refractivity contribution in [2.75, 3.05) is 13.2 Å². The number of aliphatic hydroxyl groups excluding tert-OH is 1. The summed E-state index contributed by atoms with van der Waals surface area (Å²) in [6, 6.07) is 3.32. The van der Waals surface area contributed by atoms with E-state index in [1.54, 1.807) is 12.1 Å². The number of carbonyl (C=O) groups excluding carboxylic acids is 1. The van der Waals surface area contributed by atoms with Crippen LogP contribution >= 0.6 is 0 Å². The Morgan fingerprint density at radius 1 is 1.47 bits per heavy atom. The molecule has 0 spiro atoms. The molecule has 106 valence electrons. The summed E-state index contributed by atoms with van der Waals surface area (Å²) in [5.41, 5.74) is 0.493. The van der Waals surface area contributed by atoms with E-state index < -0.39 is 0 Å². The van der Waals surface area contributed by atoms with Gasteiger partial charge in [0.05, 0.1) is 12.2 Å². The van der Waals surface area contributed by atoms with Gasteiger partial charge in [-0.2, -0.15) is 0 Å². The Balaban J connectivity index is 2.66. The van der Waals surface area contributed by atoms with Crippen molar-refractivity contribution in [2.24, 2.45) is 5.92 Å². The van der Waals surface area contributed by atoms with Crippen LogP contribution < -0.4 is 10.1 Å². The Morgan fingerprint density at radius 2 is 2.21 bits per heavy atom. The minimum atomic E-state index is -0.178. The minimum absolute atomic E-state index is 0.0379. The summed E-state index contributed by atoms with van der Waals surface area (Å²) in [6.45, 7) is 6.51. The molecule has 1 amide bonds. The van der Waals surface area contributed by atoms with Gasteiger partial charge in [-0.1, -0.05) is 13.8 Å². The third-order valence-electron chi connectivity index (χ3n) is 2.85. The number of ether oxygens (including phenoxy) is 1. The molecule has 5 nitrogen and oxygen atoms in total. The van der Waals surface area contributed by atoms with E-state index in [9.17, 15) is 4.79 Å². The summed E-state index contributed by atoms with van der Waals surface area (Å²) in [5.74, 6) is 0.601. The van der Waals surface area contributed by atoms with Crippen molar-refractivity contribution < 1.29 is 14.6 Å². The first-order valence-electron chi connectivity index (χ1n) is 6.59. The van der Waals surface area contributed by atoms with Crippen LogP contribution in [-0.4, -0.2) is 35.3 Å². The molecule has 1 aromatic heterocycles. The van der Waals surface area contributed by atoms with E-state index in [0.717, 1.165) is 0 Å². The molecule has 1 heterocycles. The topological polar surface area (TPSA) is 71.5 Å². The zero-order chi connectivity index (χ0) is 14.3. The Labute approximate surface area is 114 Å². The average molecular weight is 266 g/mol. The van der Waals surface area contributed by atoms with Crippen LogP contribution in [0.2, 0.25) is 0 Å². The minimum Gasteiger partial charge on any atom is -0.478 e. The Kier molecular flexibility index (Phi) is 6.29. The van der Waals surface area contributed by atoms with Crippen LogP contribution in [0, 0.1) is 5.92 Å². The third-order valence-corrected chi connectivity index (χ3v) is 2.85. The molecule has 1 aromatic rings. The largest absolute Gasteiger partial charge is 0.478 e. The lowest BCUT2D eigenvalue weighted by atomic mass is 10.0. The van der Waals surface area contributed by atoms with Crippen molar-refractivity contribution in [3.8, 4) is 5.88 Å². The summed E-state index contributed by atoms with van der Waals surface area (Å²) in [6.07, 6.45) is 2.05. The van der Waals surface area contributed by atoms with Gasteiger partial charge < -0.3 is 15.2 Å². The second-order valence-corrected chi connectivity index (χ2v) is 4.65. The van der Waals surface area contributed by atoms with Gasteiger partial charge in [-0.25, -0.2) is 4.98 Å². The SMILES string of the molecule is CCOc1ccc(C(=O)NC(CCO)C(C)C)cn1. The molecule has 0 radical (unpaired) electrons. The quantitative estimate of drug-likeness (QED) is 0.786. The van der Waals surface area contributed by atoms with Crippen LogP contribution in [-0.2, 0) is 0 Å². The zero-order valence-corrected chi connectivity index (χ0v) is 11.7. The van der Waals surface area contributed by atoms with E-state index in [2.05, 4.69) is 10.3 Å². The fraction of sp³-hybridized carbons (Fsp3) is 0.571. The standard InChI is InChI=1S/C14H22N2O3/c1-4-19-13-6-5-11(9-15-13)14(18)16-12(7-8-17)10(2)3/h5-6,9-10,12,17H,4,7-8H2,1-3H3,(H,16,18). The molecule has 1 unspecified atom stereocenters. The number of pyridine rings is 1. The molecule has 0 fully saturated rings. The zero-order valence-electron chi connectivity index (χ0n) is 11.7. The highest BCUT2D eigenvalue weighted by Gasteiger charge is 2.16. The number of aliphatic hydroxyl groups is 1. The van der Waals surface area contributed by atoms with E-state index in [-0.39, 0.29) is 24.5 Å². The highest BCUT2D eigenvalue weighted by molar-refractivity contribution is 5.94. The number of aromatic nitrogens is 1. The highest BCUT2D eigenvalue weighted by Crippen LogP contribution is 2.10. The molecule has 0 aliphatic heterocycles. The van der Waals surface area contributed by atoms with Gasteiger partial charge in [-0.05, 0) is 25.3 Å². The molecular formula is C14H22N2O3. The number of hydrogen-bond acceptors (Lipinski definition) is 4. The summed E-state index contributed by atoms with van der Waals surface area (Å²) < 4.78 is 5.22. The van der Waals surface area contributed by atoms with Gasteiger partial charge in [0.15, 0.2) is 0 Å². The van der Waals surface area contributed by atoms with Crippen LogP contribution in [0.1, 0.15) is 37.6 Å². The maximum atomic E-state index is 12.0. The molecule has 0 aromatic carbocycles. The molecule has 1 rings (SSSR count). The second-order valence-electron chi connectivity index (χ2n) is 4.65. The van der Waals surface area contributed by atoms with Crippen molar-refractivity contribution in [3.63, 3.8) is 0 Å². The molecule has 1 atom stereocenters. The van der Waals surface area contributed by atoms with Gasteiger partial charge in [-0.15, -0.1) is 0 Å². The summed E-state index contributed by atoms with van der Waals surface area (Å²) in [4.78, 5) is 16.1. The number of carbonyl (C=O) groups is 1. The van der Waals surface area contributed by atoms with Crippen LogP contribution in [0.15, 0.2) is 18.3 Å².